The molecule has 2 N–H and O–H groups in total. The van der Waals surface area contributed by atoms with Crippen molar-refractivity contribution in [1.29, 1.82) is 0 Å². The Balaban J connectivity index is 1.89. The topological polar surface area (TPSA) is 53.5 Å². The van der Waals surface area contributed by atoms with Gasteiger partial charge in [0.05, 0.1) is 6.21 Å². The number of hydrogen-bond acceptors (Lipinski definition) is 3. The first-order valence-electron chi connectivity index (χ1n) is 6.97. The molecule has 114 valence electrons. The smallest absolute Gasteiger partial charge is 0.262 e. The van der Waals surface area contributed by atoms with E-state index in [1.165, 1.54) is 12.3 Å². The Morgan fingerprint density at radius 1 is 1.18 bits per heavy atom. The van der Waals surface area contributed by atoms with Crippen molar-refractivity contribution in [3.63, 3.8) is 0 Å². The number of benzene rings is 2. The van der Waals surface area contributed by atoms with Gasteiger partial charge >= 0.3 is 0 Å². The monoisotopic (exact) mass is 299 g/mol. The first-order chi connectivity index (χ1) is 10.6. The molecule has 0 aliphatic heterocycles. The lowest BCUT2D eigenvalue weighted by molar-refractivity contribution is -0.121. The Morgan fingerprint density at radius 3 is 2.55 bits per heavy atom. The molecule has 1 atom stereocenters. The van der Waals surface area contributed by atoms with Crippen LogP contribution in [-0.2, 0) is 4.79 Å². The molecule has 0 unspecified atom stereocenters. The molecule has 0 aromatic heterocycles. The van der Waals surface area contributed by atoms with Crippen molar-refractivity contribution in [3.8, 4) is 0 Å². The fourth-order valence-electron chi connectivity index (χ4n) is 1.81. The number of anilines is 1. The number of halogens is 1. The van der Waals surface area contributed by atoms with Gasteiger partial charge in [-0.2, -0.15) is 5.10 Å². The van der Waals surface area contributed by atoms with E-state index in [0.717, 1.165) is 11.3 Å². The first kappa shape index (κ1) is 15.7. The lowest BCUT2D eigenvalue weighted by Crippen LogP contribution is -2.34. The van der Waals surface area contributed by atoms with Gasteiger partial charge in [0.15, 0.2) is 0 Å². The summed E-state index contributed by atoms with van der Waals surface area (Å²) in [5, 5.41) is 6.84. The van der Waals surface area contributed by atoms with E-state index in [1.807, 2.05) is 31.2 Å². The second-order valence-corrected chi connectivity index (χ2v) is 4.99. The molecule has 5 heteroatoms. The number of hydrogen-bond donors (Lipinski definition) is 2. The highest BCUT2D eigenvalue weighted by Gasteiger charge is 2.11. The molecule has 0 bridgehead atoms. The summed E-state index contributed by atoms with van der Waals surface area (Å²) in [6.45, 7) is 3.73. The average Bonchev–Trinajstić information content (AvgIpc) is 2.51. The van der Waals surface area contributed by atoms with Gasteiger partial charge in [-0.15, -0.1) is 0 Å². The van der Waals surface area contributed by atoms with Crippen LogP contribution in [0.1, 0.15) is 18.1 Å². The Kier molecular flexibility index (Phi) is 5.25. The van der Waals surface area contributed by atoms with Crippen molar-refractivity contribution >= 4 is 17.8 Å². The van der Waals surface area contributed by atoms with Crippen LogP contribution in [0.5, 0.6) is 0 Å². The first-order valence-corrected chi connectivity index (χ1v) is 6.97. The zero-order valence-electron chi connectivity index (χ0n) is 12.5. The highest BCUT2D eigenvalue weighted by atomic mass is 19.1. The third-order valence-corrected chi connectivity index (χ3v) is 3.11. The lowest BCUT2D eigenvalue weighted by atomic mass is 10.2. The molecular weight excluding hydrogens is 281 g/mol. The quantitative estimate of drug-likeness (QED) is 0.658. The second kappa shape index (κ2) is 7.36. The van der Waals surface area contributed by atoms with E-state index >= 15 is 0 Å². The Hall–Kier alpha value is -2.69. The van der Waals surface area contributed by atoms with Gasteiger partial charge in [0.2, 0.25) is 0 Å². The molecule has 2 aromatic carbocycles. The molecule has 0 spiro atoms. The molecule has 1 amide bonds. The maximum absolute atomic E-state index is 13.4. The molecule has 4 nitrogen and oxygen atoms in total. The predicted molar refractivity (Wildman–Crippen MR) is 86.4 cm³/mol. The van der Waals surface area contributed by atoms with Crippen LogP contribution in [0.25, 0.3) is 0 Å². The maximum Gasteiger partial charge on any atom is 0.262 e. The molecular formula is C17H18FN3O. The molecule has 0 aliphatic rings. The highest BCUT2D eigenvalue weighted by Crippen LogP contribution is 2.10. The number of carbonyl (C=O) groups is 1. The van der Waals surface area contributed by atoms with Crippen LogP contribution in [0.2, 0.25) is 0 Å². The van der Waals surface area contributed by atoms with Crippen LogP contribution < -0.4 is 10.7 Å². The summed E-state index contributed by atoms with van der Waals surface area (Å²) in [4.78, 5) is 11.9. The standard InChI is InChI=1S/C17H18FN3O/c1-12-7-9-15(10-8-12)20-13(2)17(22)21-19-11-14-5-3-4-6-16(14)18/h3-11,13,20H,1-2H3,(H,21,22)/b19-11-/t13-/m1/s1. The van der Waals surface area contributed by atoms with Gasteiger partial charge in [-0.25, -0.2) is 9.82 Å². The van der Waals surface area contributed by atoms with Crippen molar-refractivity contribution in [3.05, 3.63) is 65.5 Å². The minimum absolute atomic E-state index is 0.298. The van der Waals surface area contributed by atoms with Gasteiger partial charge in [0.1, 0.15) is 11.9 Å². The summed E-state index contributed by atoms with van der Waals surface area (Å²) >= 11 is 0. The van der Waals surface area contributed by atoms with Crippen molar-refractivity contribution in [2.75, 3.05) is 5.32 Å². The average molecular weight is 299 g/mol. The normalized spacial score (nSPS) is 12.1. The summed E-state index contributed by atoms with van der Waals surface area (Å²) in [5.41, 5.74) is 4.72. The summed E-state index contributed by atoms with van der Waals surface area (Å²) in [5.74, 6) is -0.681. The summed E-state index contributed by atoms with van der Waals surface area (Å²) < 4.78 is 13.4. The second-order valence-electron chi connectivity index (χ2n) is 4.99. The highest BCUT2D eigenvalue weighted by molar-refractivity contribution is 5.86. The lowest BCUT2D eigenvalue weighted by Gasteiger charge is -2.13. The fraction of sp³-hybridized carbons (Fsp3) is 0.176. The number of nitrogens with zero attached hydrogens (tertiary/aromatic N) is 1. The molecule has 0 fully saturated rings. The predicted octanol–water partition coefficient (Wildman–Crippen LogP) is 3.08. The van der Waals surface area contributed by atoms with Crippen LogP contribution in [0.15, 0.2) is 53.6 Å². The third-order valence-electron chi connectivity index (χ3n) is 3.11. The largest absolute Gasteiger partial charge is 0.374 e. The molecule has 0 heterocycles. The van der Waals surface area contributed by atoms with E-state index in [9.17, 15) is 9.18 Å². The van der Waals surface area contributed by atoms with Crippen molar-refractivity contribution in [2.24, 2.45) is 5.10 Å². The van der Waals surface area contributed by atoms with Crippen LogP contribution >= 0.6 is 0 Å². The van der Waals surface area contributed by atoms with Crippen LogP contribution in [0.4, 0.5) is 10.1 Å². The molecule has 2 rings (SSSR count). The fourth-order valence-corrected chi connectivity index (χ4v) is 1.81. The number of nitrogens with one attached hydrogen (secondary N) is 2. The minimum atomic E-state index is -0.458. The summed E-state index contributed by atoms with van der Waals surface area (Å²) in [6, 6.07) is 13.5. The zero-order valence-corrected chi connectivity index (χ0v) is 12.5. The molecule has 2 aromatic rings. The van der Waals surface area contributed by atoms with E-state index in [-0.39, 0.29) is 11.7 Å². The van der Waals surface area contributed by atoms with Crippen molar-refractivity contribution in [2.45, 2.75) is 19.9 Å². The van der Waals surface area contributed by atoms with E-state index in [4.69, 9.17) is 0 Å². The molecule has 0 saturated carbocycles. The number of hydrazone groups is 1. The molecule has 0 aliphatic carbocycles. The minimum Gasteiger partial charge on any atom is -0.374 e. The van der Waals surface area contributed by atoms with Crippen molar-refractivity contribution in [1.82, 2.24) is 5.43 Å². The summed E-state index contributed by atoms with van der Waals surface area (Å²) in [7, 11) is 0. The molecule has 22 heavy (non-hydrogen) atoms. The van der Waals surface area contributed by atoms with Gasteiger partial charge in [-0.1, -0.05) is 35.9 Å². The van der Waals surface area contributed by atoms with E-state index < -0.39 is 6.04 Å². The Bertz CT molecular complexity index is 668. The van der Waals surface area contributed by atoms with E-state index in [1.54, 1.807) is 25.1 Å². The van der Waals surface area contributed by atoms with Crippen LogP contribution in [0, 0.1) is 12.7 Å². The number of rotatable bonds is 5. The Morgan fingerprint density at radius 2 is 1.86 bits per heavy atom. The molecule has 0 radical (unpaired) electrons. The van der Waals surface area contributed by atoms with E-state index in [2.05, 4.69) is 15.8 Å². The maximum atomic E-state index is 13.4. The van der Waals surface area contributed by atoms with Crippen molar-refractivity contribution < 1.29 is 9.18 Å². The third kappa shape index (κ3) is 4.41. The van der Waals surface area contributed by atoms with Gasteiger partial charge in [-0.3, -0.25) is 4.79 Å². The number of aryl methyl sites for hydroxylation is 1. The van der Waals surface area contributed by atoms with Gasteiger partial charge in [0, 0.05) is 11.3 Å². The van der Waals surface area contributed by atoms with Gasteiger partial charge < -0.3 is 5.32 Å². The summed E-state index contributed by atoms with van der Waals surface area (Å²) in [6.07, 6.45) is 1.28. The van der Waals surface area contributed by atoms with Crippen LogP contribution in [-0.4, -0.2) is 18.2 Å². The molecule has 0 saturated heterocycles. The van der Waals surface area contributed by atoms with Gasteiger partial charge in [0.25, 0.3) is 5.91 Å². The van der Waals surface area contributed by atoms with Gasteiger partial charge in [-0.05, 0) is 32.0 Å². The number of carbonyl (C=O) groups excluding carboxylic acids is 1. The Labute approximate surface area is 129 Å². The number of amides is 1. The van der Waals surface area contributed by atoms with Crippen LogP contribution in [0.3, 0.4) is 0 Å². The SMILES string of the molecule is Cc1ccc(N[C@H](C)C(=O)N/N=C\c2ccccc2F)cc1. The van der Waals surface area contributed by atoms with E-state index in [0.29, 0.717) is 5.56 Å². The zero-order chi connectivity index (χ0) is 15.9.